The Morgan fingerprint density at radius 1 is 1.43 bits per heavy atom. The highest BCUT2D eigenvalue weighted by Gasteiger charge is 2.03. The molecule has 2 aromatic rings. The van der Waals surface area contributed by atoms with Crippen molar-refractivity contribution in [3.8, 4) is 5.69 Å². The summed E-state index contributed by atoms with van der Waals surface area (Å²) in [6.45, 7) is 1.90. The second kappa shape index (κ2) is 3.35. The van der Waals surface area contributed by atoms with E-state index in [9.17, 15) is 0 Å². The van der Waals surface area contributed by atoms with Crippen molar-refractivity contribution in [1.82, 2.24) is 9.55 Å². The van der Waals surface area contributed by atoms with Gasteiger partial charge in [-0.1, -0.05) is 17.7 Å². The summed E-state index contributed by atoms with van der Waals surface area (Å²) in [5.41, 5.74) is 7.55. The molecule has 0 aliphatic carbocycles. The topological polar surface area (TPSA) is 43.8 Å². The average molecular weight is 208 g/mol. The van der Waals surface area contributed by atoms with E-state index in [0.29, 0.717) is 11.0 Å². The highest BCUT2D eigenvalue weighted by Crippen LogP contribution is 2.17. The number of hydrogen-bond donors (Lipinski definition) is 1. The molecule has 4 heteroatoms. The fourth-order valence-electron chi connectivity index (χ4n) is 1.35. The minimum Gasteiger partial charge on any atom is -0.369 e. The number of halogens is 1. The highest BCUT2D eigenvalue weighted by atomic mass is 35.5. The van der Waals surface area contributed by atoms with Crippen LogP contribution in [0.4, 0.5) is 5.95 Å². The van der Waals surface area contributed by atoms with Crippen LogP contribution in [0.5, 0.6) is 0 Å². The van der Waals surface area contributed by atoms with Gasteiger partial charge >= 0.3 is 0 Å². The van der Waals surface area contributed by atoms with E-state index < -0.39 is 0 Å². The van der Waals surface area contributed by atoms with Crippen molar-refractivity contribution in [3.63, 3.8) is 0 Å². The maximum Gasteiger partial charge on any atom is 0.205 e. The van der Waals surface area contributed by atoms with E-state index in [1.807, 2.05) is 37.4 Å². The molecule has 0 saturated heterocycles. The summed E-state index contributed by atoms with van der Waals surface area (Å²) < 4.78 is 1.81. The fraction of sp³-hybridized carbons (Fsp3) is 0.100. The minimum absolute atomic E-state index is 0.477. The molecule has 0 fully saturated rings. The zero-order chi connectivity index (χ0) is 10.1. The molecular formula is C10H10ClN3. The van der Waals surface area contributed by atoms with Crippen LogP contribution in [0.25, 0.3) is 5.69 Å². The first kappa shape index (κ1) is 9.09. The van der Waals surface area contributed by atoms with Gasteiger partial charge in [-0.05, 0) is 25.1 Å². The molecule has 0 bridgehead atoms. The molecule has 1 aromatic carbocycles. The summed E-state index contributed by atoms with van der Waals surface area (Å²) in [6.07, 6.45) is 1.88. The predicted octanol–water partition coefficient (Wildman–Crippen LogP) is 2.42. The van der Waals surface area contributed by atoms with Crippen LogP contribution in [0.2, 0.25) is 5.02 Å². The molecule has 1 heterocycles. The first-order valence-corrected chi connectivity index (χ1v) is 4.62. The third-order valence-electron chi connectivity index (χ3n) is 1.94. The number of rotatable bonds is 1. The van der Waals surface area contributed by atoms with E-state index in [-0.39, 0.29) is 0 Å². The summed E-state index contributed by atoms with van der Waals surface area (Å²) in [6, 6.07) is 7.49. The average Bonchev–Trinajstić information content (AvgIpc) is 2.45. The van der Waals surface area contributed by atoms with E-state index >= 15 is 0 Å². The summed E-state index contributed by atoms with van der Waals surface area (Å²) in [5.74, 6) is 0.477. The monoisotopic (exact) mass is 207 g/mol. The van der Waals surface area contributed by atoms with Gasteiger partial charge in [-0.25, -0.2) is 4.98 Å². The lowest BCUT2D eigenvalue weighted by atomic mass is 10.3. The SMILES string of the molecule is Cc1cn(-c2cccc(Cl)c2)c(N)n1. The van der Waals surface area contributed by atoms with Gasteiger partial charge in [-0.3, -0.25) is 4.57 Å². The molecule has 0 unspecified atom stereocenters. The molecule has 0 radical (unpaired) electrons. The van der Waals surface area contributed by atoms with Gasteiger partial charge in [0.25, 0.3) is 0 Å². The number of nitrogen functional groups attached to an aromatic ring is 1. The zero-order valence-corrected chi connectivity index (χ0v) is 8.49. The third-order valence-corrected chi connectivity index (χ3v) is 2.18. The van der Waals surface area contributed by atoms with Gasteiger partial charge in [-0.15, -0.1) is 0 Å². The Bertz CT molecular complexity index is 462. The van der Waals surface area contributed by atoms with Crippen molar-refractivity contribution < 1.29 is 0 Å². The van der Waals surface area contributed by atoms with Crippen molar-refractivity contribution in [2.24, 2.45) is 0 Å². The molecule has 3 nitrogen and oxygen atoms in total. The Morgan fingerprint density at radius 2 is 2.21 bits per heavy atom. The van der Waals surface area contributed by atoms with Gasteiger partial charge < -0.3 is 5.73 Å². The van der Waals surface area contributed by atoms with Crippen LogP contribution in [0.1, 0.15) is 5.69 Å². The van der Waals surface area contributed by atoms with E-state index in [1.165, 1.54) is 0 Å². The number of imidazole rings is 1. The maximum absolute atomic E-state index is 5.88. The number of nitrogens with zero attached hydrogens (tertiary/aromatic N) is 2. The molecule has 1 aromatic heterocycles. The van der Waals surface area contributed by atoms with Crippen LogP contribution >= 0.6 is 11.6 Å². The Hall–Kier alpha value is -1.48. The normalized spacial score (nSPS) is 10.4. The van der Waals surface area contributed by atoms with E-state index in [0.717, 1.165) is 11.4 Å². The quantitative estimate of drug-likeness (QED) is 0.781. The molecule has 0 atom stereocenters. The summed E-state index contributed by atoms with van der Waals surface area (Å²) in [4.78, 5) is 4.11. The number of hydrogen-bond acceptors (Lipinski definition) is 2. The van der Waals surface area contributed by atoms with E-state index in [1.54, 1.807) is 4.57 Å². The Balaban J connectivity index is 2.54. The second-order valence-corrected chi connectivity index (χ2v) is 3.53. The Morgan fingerprint density at radius 3 is 2.79 bits per heavy atom. The maximum atomic E-state index is 5.88. The molecule has 0 aliphatic heterocycles. The molecule has 0 saturated carbocycles. The molecule has 2 rings (SSSR count). The van der Waals surface area contributed by atoms with E-state index in [4.69, 9.17) is 17.3 Å². The molecule has 72 valence electrons. The first-order chi connectivity index (χ1) is 6.66. The number of aromatic nitrogens is 2. The first-order valence-electron chi connectivity index (χ1n) is 4.24. The number of nitrogens with two attached hydrogens (primary N) is 1. The summed E-state index contributed by atoms with van der Waals surface area (Å²) in [5, 5.41) is 0.688. The largest absolute Gasteiger partial charge is 0.369 e. The number of aryl methyl sites for hydroxylation is 1. The van der Waals surface area contributed by atoms with Gasteiger partial charge in [0.2, 0.25) is 5.95 Å². The molecular weight excluding hydrogens is 198 g/mol. The standard InChI is InChI=1S/C10H10ClN3/c1-7-6-14(10(12)13-7)9-4-2-3-8(11)5-9/h2-6H,1H3,(H2,12,13). The van der Waals surface area contributed by atoms with Gasteiger partial charge in [0.1, 0.15) is 0 Å². The van der Waals surface area contributed by atoms with Crippen molar-refractivity contribution >= 4 is 17.5 Å². The van der Waals surface area contributed by atoms with Gasteiger partial charge in [0.15, 0.2) is 0 Å². The Labute approximate surface area is 87.1 Å². The van der Waals surface area contributed by atoms with Crippen molar-refractivity contribution in [2.45, 2.75) is 6.92 Å². The molecule has 0 spiro atoms. The summed E-state index contributed by atoms with van der Waals surface area (Å²) >= 11 is 5.88. The van der Waals surface area contributed by atoms with Crippen molar-refractivity contribution in [1.29, 1.82) is 0 Å². The Kier molecular flexibility index (Phi) is 2.17. The van der Waals surface area contributed by atoms with Crippen LogP contribution < -0.4 is 5.73 Å². The number of benzene rings is 1. The molecule has 0 amide bonds. The van der Waals surface area contributed by atoms with Crippen LogP contribution in [-0.4, -0.2) is 9.55 Å². The summed E-state index contributed by atoms with van der Waals surface area (Å²) in [7, 11) is 0. The van der Waals surface area contributed by atoms with Crippen LogP contribution in [0.15, 0.2) is 30.5 Å². The van der Waals surface area contributed by atoms with E-state index in [2.05, 4.69) is 4.98 Å². The lowest BCUT2D eigenvalue weighted by molar-refractivity contribution is 1.07. The highest BCUT2D eigenvalue weighted by molar-refractivity contribution is 6.30. The third kappa shape index (κ3) is 1.59. The predicted molar refractivity (Wildman–Crippen MR) is 57.7 cm³/mol. The fourth-order valence-corrected chi connectivity index (χ4v) is 1.53. The lowest BCUT2D eigenvalue weighted by Gasteiger charge is -2.03. The smallest absolute Gasteiger partial charge is 0.205 e. The second-order valence-electron chi connectivity index (χ2n) is 3.09. The zero-order valence-electron chi connectivity index (χ0n) is 7.74. The number of anilines is 1. The van der Waals surface area contributed by atoms with Crippen molar-refractivity contribution in [2.75, 3.05) is 5.73 Å². The van der Waals surface area contributed by atoms with Gasteiger partial charge in [0, 0.05) is 16.9 Å². The molecule has 14 heavy (non-hydrogen) atoms. The van der Waals surface area contributed by atoms with Crippen LogP contribution in [0, 0.1) is 6.92 Å². The van der Waals surface area contributed by atoms with Crippen LogP contribution in [0.3, 0.4) is 0 Å². The van der Waals surface area contributed by atoms with Gasteiger partial charge in [0.05, 0.1) is 5.69 Å². The van der Waals surface area contributed by atoms with Gasteiger partial charge in [-0.2, -0.15) is 0 Å². The van der Waals surface area contributed by atoms with Crippen LogP contribution in [-0.2, 0) is 0 Å². The van der Waals surface area contributed by atoms with Crippen molar-refractivity contribution in [3.05, 3.63) is 41.2 Å². The molecule has 0 aliphatic rings. The molecule has 2 N–H and O–H groups in total. The lowest BCUT2D eigenvalue weighted by Crippen LogP contribution is -1.99. The minimum atomic E-state index is 0.477.